The minimum Gasteiger partial charge on any atom is -0.444 e. The Morgan fingerprint density at radius 3 is 2.86 bits per heavy atom. The van der Waals surface area contributed by atoms with E-state index in [9.17, 15) is 4.79 Å². The zero-order valence-corrected chi connectivity index (χ0v) is 11.9. The fraction of sp³-hybridized carbons (Fsp3) is 0.333. The number of urea groups is 1. The van der Waals surface area contributed by atoms with E-state index < -0.39 is 0 Å². The summed E-state index contributed by atoms with van der Waals surface area (Å²) in [5.41, 5.74) is 1.54. The number of aliphatic hydroxyl groups excluding tert-OH is 1. The van der Waals surface area contributed by atoms with Crippen LogP contribution in [0.4, 0.5) is 4.79 Å². The summed E-state index contributed by atoms with van der Waals surface area (Å²) in [6.45, 7) is 2.17. The predicted octanol–water partition coefficient (Wildman–Crippen LogP) is 1.91. The molecular formula is C15H19N3O3. The van der Waals surface area contributed by atoms with Crippen molar-refractivity contribution in [1.29, 1.82) is 0 Å². The normalized spacial score (nSPS) is 11.9. The fourth-order valence-corrected chi connectivity index (χ4v) is 1.81. The van der Waals surface area contributed by atoms with Crippen LogP contribution in [0.5, 0.6) is 0 Å². The van der Waals surface area contributed by atoms with Crippen molar-refractivity contribution in [2.75, 3.05) is 6.61 Å². The van der Waals surface area contributed by atoms with Crippen LogP contribution in [0.1, 0.15) is 19.0 Å². The van der Waals surface area contributed by atoms with Crippen molar-refractivity contribution in [3.05, 3.63) is 42.3 Å². The number of carbonyl (C=O) groups excluding carboxylic acids is 1. The Kier molecular flexibility index (Phi) is 5.34. The Labute approximate surface area is 123 Å². The standard InChI is InChI=1S/C15H19N3O3/c1-11(7-8-19)17-15(20)16-9-13-10-21-14(18-13)12-5-3-2-4-6-12/h2-6,10-11,19H,7-9H2,1H3,(H2,16,17,20)/t11-/m1/s1. The Morgan fingerprint density at radius 2 is 2.14 bits per heavy atom. The van der Waals surface area contributed by atoms with Crippen molar-refractivity contribution in [1.82, 2.24) is 15.6 Å². The van der Waals surface area contributed by atoms with Gasteiger partial charge in [0.15, 0.2) is 0 Å². The van der Waals surface area contributed by atoms with Gasteiger partial charge < -0.3 is 20.2 Å². The lowest BCUT2D eigenvalue weighted by molar-refractivity contribution is 0.230. The van der Waals surface area contributed by atoms with Crippen molar-refractivity contribution < 1.29 is 14.3 Å². The van der Waals surface area contributed by atoms with Gasteiger partial charge >= 0.3 is 6.03 Å². The Balaban J connectivity index is 1.84. The molecule has 1 atom stereocenters. The van der Waals surface area contributed by atoms with Gasteiger partial charge in [0.2, 0.25) is 5.89 Å². The molecule has 0 saturated heterocycles. The van der Waals surface area contributed by atoms with Gasteiger partial charge in [-0.25, -0.2) is 9.78 Å². The van der Waals surface area contributed by atoms with E-state index in [2.05, 4.69) is 15.6 Å². The molecule has 0 radical (unpaired) electrons. The molecule has 0 aliphatic heterocycles. The first-order valence-corrected chi connectivity index (χ1v) is 6.84. The summed E-state index contributed by atoms with van der Waals surface area (Å²) in [6, 6.07) is 9.19. The molecule has 2 amide bonds. The molecule has 112 valence electrons. The molecule has 0 aliphatic rings. The monoisotopic (exact) mass is 289 g/mol. The highest BCUT2D eigenvalue weighted by Gasteiger charge is 2.09. The number of oxazole rings is 1. The van der Waals surface area contributed by atoms with Gasteiger partial charge in [-0.15, -0.1) is 0 Å². The van der Waals surface area contributed by atoms with Crippen LogP contribution in [0.25, 0.3) is 11.5 Å². The van der Waals surface area contributed by atoms with Crippen LogP contribution in [0.15, 0.2) is 41.0 Å². The van der Waals surface area contributed by atoms with Crippen molar-refractivity contribution in [3.63, 3.8) is 0 Å². The summed E-state index contributed by atoms with van der Waals surface area (Å²) < 4.78 is 5.39. The van der Waals surface area contributed by atoms with Crippen LogP contribution < -0.4 is 10.6 Å². The number of hydrogen-bond donors (Lipinski definition) is 3. The topological polar surface area (TPSA) is 87.4 Å². The van der Waals surface area contributed by atoms with Crippen molar-refractivity contribution in [3.8, 4) is 11.5 Å². The highest BCUT2D eigenvalue weighted by molar-refractivity contribution is 5.74. The van der Waals surface area contributed by atoms with Gasteiger partial charge in [-0.1, -0.05) is 18.2 Å². The van der Waals surface area contributed by atoms with E-state index in [1.165, 1.54) is 6.26 Å². The summed E-state index contributed by atoms with van der Waals surface area (Å²) in [4.78, 5) is 15.9. The third-order valence-electron chi connectivity index (χ3n) is 2.94. The molecule has 1 heterocycles. The van der Waals surface area contributed by atoms with Crippen molar-refractivity contribution in [2.45, 2.75) is 25.9 Å². The van der Waals surface area contributed by atoms with Crippen LogP contribution in [0.2, 0.25) is 0 Å². The number of aliphatic hydroxyl groups is 1. The molecule has 21 heavy (non-hydrogen) atoms. The largest absolute Gasteiger partial charge is 0.444 e. The van der Waals surface area contributed by atoms with E-state index in [-0.39, 0.29) is 25.2 Å². The van der Waals surface area contributed by atoms with Crippen molar-refractivity contribution in [2.24, 2.45) is 0 Å². The zero-order chi connectivity index (χ0) is 15.1. The summed E-state index contributed by atoms with van der Waals surface area (Å²) in [7, 11) is 0. The first-order chi connectivity index (χ1) is 10.2. The maximum Gasteiger partial charge on any atom is 0.315 e. The Hall–Kier alpha value is -2.34. The van der Waals surface area contributed by atoms with Crippen LogP contribution >= 0.6 is 0 Å². The van der Waals surface area contributed by atoms with E-state index in [1.54, 1.807) is 0 Å². The zero-order valence-electron chi connectivity index (χ0n) is 11.9. The van der Waals surface area contributed by atoms with E-state index in [0.29, 0.717) is 18.0 Å². The van der Waals surface area contributed by atoms with E-state index in [0.717, 1.165) is 5.56 Å². The van der Waals surface area contributed by atoms with E-state index in [4.69, 9.17) is 9.52 Å². The van der Waals surface area contributed by atoms with Crippen LogP contribution in [0.3, 0.4) is 0 Å². The predicted molar refractivity (Wildman–Crippen MR) is 78.5 cm³/mol. The number of benzene rings is 1. The van der Waals surface area contributed by atoms with Crippen LogP contribution in [-0.2, 0) is 6.54 Å². The van der Waals surface area contributed by atoms with Gasteiger partial charge in [0.05, 0.1) is 12.2 Å². The molecule has 0 bridgehead atoms. The molecule has 0 aliphatic carbocycles. The number of carbonyl (C=O) groups is 1. The number of rotatable bonds is 6. The van der Waals surface area contributed by atoms with Gasteiger partial charge in [0.25, 0.3) is 0 Å². The highest BCUT2D eigenvalue weighted by atomic mass is 16.3. The van der Waals surface area contributed by atoms with Gasteiger partial charge in [0.1, 0.15) is 6.26 Å². The molecule has 0 spiro atoms. The van der Waals surface area contributed by atoms with Crippen LogP contribution in [-0.4, -0.2) is 28.8 Å². The lowest BCUT2D eigenvalue weighted by Crippen LogP contribution is -2.40. The molecule has 2 rings (SSSR count). The molecule has 2 aromatic rings. The summed E-state index contributed by atoms with van der Waals surface area (Å²) in [5, 5.41) is 14.2. The Morgan fingerprint density at radius 1 is 1.38 bits per heavy atom. The highest BCUT2D eigenvalue weighted by Crippen LogP contribution is 2.17. The SMILES string of the molecule is C[C@H](CCO)NC(=O)NCc1coc(-c2ccccc2)n1. The summed E-state index contributed by atoms with van der Waals surface area (Å²) in [5.74, 6) is 0.529. The third-order valence-corrected chi connectivity index (χ3v) is 2.94. The Bertz CT molecular complexity index is 569. The van der Waals surface area contributed by atoms with Gasteiger partial charge in [0, 0.05) is 18.2 Å². The molecule has 6 nitrogen and oxygen atoms in total. The smallest absolute Gasteiger partial charge is 0.315 e. The van der Waals surface area contributed by atoms with E-state index in [1.807, 2.05) is 37.3 Å². The number of nitrogens with one attached hydrogen (secondary N) is 2. The average Bonchev–Trinajstić information content (AvgIpc) is 2.95. The van der Waals surface area contributed by atoms with Crippen LogP contribution in [0, 0.1) is 0 Å². The quantitative estimate of drug-likeness (QED) is 0.758. The fourth-order valence-electron chi connectivity index (χ4n) is 1.81. The lowest BCUT2D eigenvalue weighted by atomic mass is 10.2. The maximum atomic E-state index is 11.6. The minimum absolute atomic E-state index is 0.0468. The molecule has 3 N–H and O–H groups in total. The maximum absolute atomic E-state index is 11.6. The van der Waals surface area contributed by atoms with Gasteiger partial charge in [-0.05, 0) is 25.5 Å². The molecule has 6 heteroatoms. The van der Waals surface area contributed by atoms with Gasteiger partial charge in [-0.2, -0.15) is 0 Å². The average molecular weight is 289 g/mol. The van der Waals surface area contributed by atoms with Crippen molar-refractivity contribution >= 4 is 6.03 Å². The molecular weight excluding hydrogens is 270 g/mol. The molecule has 1 aromatic heterocycles. The number of amides is 2. The molecule has 0 unspecified atom stereocenters. The second kappa shape index (κ2) is 7.44. The van der Waals surface area contributed by atoms with Gasteiger partial charge in [-0.3, -0.25) is 0 Å². The molecule has 0 fully saturated rings. The third kappa shape index (κ3) is 4.61. The van der Waals surface area contributed by atoms with E-state index >= 15 is 0 Å². The summed E-state index contributed by atoms with van der Waals surface area (Å²) in [6.07, 6.45) is 2.05. The summed E-state index contributed by atoms with van der Waals surface area (Å²) >= 11 is 0. The molecule has 0 saturated carbocycles. The first kappa shape index (κ1) is 15.1. The minimum atomic E-state index is -0.291. The molecule has 1 aromatic carbocycles. The second-order valence-corrected chi connectivity index (χ2v) is 4.75. The lowest BCUT2D eigenvalue weighted by Gasteiger charge is -2.12. The number of aromatic nitrogens is 1. The number of nitrogens with zero attached hydrogens (tertiary/aromatic N) is 1. The first-order valence-electron chi connectivity index (χ1n) is 6.84. The number of hydrogen-bond acceptors (Lipinski definition) is 4. The second-order valence-electron chi connectivity index (χ2n) is 4.75.